The zero-order chi connectivity index (χ0) is 25.9. The van der Waals surface area contributed by atoms with E-state index < -0.39 is 6.04 Å². The molecule has 36 heavy (non-hydrogen) atoms. The average molecular weight is 523 g/mol. The summed E-state index contributed by atoms with van der Waals surface area (Å²) in [6, 6.07) is 25.0. The molecule has 0 unspecified atom stereocenters. The molecule has 0 saturated heterocycles. The normalized spacial score (nSPS) is 12.6. The molecule has 3 rings (SSSR count). The summed E-state index contributed by atoms with van der Waals surface area (Å²) in [5.41, 5.74) is 3.18. The molecule has 0 aliphatic rings. The van der Waals surface area contributed by atoms with Gasteiger partial charge in [0.2, 0.25) is 11.8 Å². The molecule has 0 heterocycles. The summed E-state index contributed by atoms with van der Waals surface area (Å²) in [5, 5.41) is 3.81. The van der Waals surface area contributed by atoms with Crippen LogP contribution in [0.5, 0.6) is 0 Å². The van der Waals surface area contributed by atoms with Crippen LogP contribution in [0.4, 0.5) is 0 Å². The smallest absolute Gasteiger partial charge is 0.243 e. The summed E-state index contributed by atoms with van der Waals surface area (Å²) in [6.45, 7) is 6.47. The molecule has 3 aromatic carbocycles. The summed E-state index contributed by atoms with van der Waals surface area (Å²) in [4.78, 5) is 30.1. The first-order valence-electron chi connectivity index (χ1n) is 12.4. The van der Waals surface area contributed by atoms with Crippen LogP contribution in [0.15, 0.2) is 83.8 Å². The molecule has 6 heteroatoms. The highest BCUT2D eigenvalue weighted by Gasteiger charge is 2.31. The average Bonchev–Trinajstić information content (AvgIpc) is 2.88. The highest BCUT2D eigenvalue weighted by Crippen LogP contribution is 2.23. The maximum Gasteiger partial charge on any atom is 0.243 e. The van der Waals surface area contributed by atoms with Gasteiger partial charge in [-0.1, -0.05) is 73.1 Å². The number of amides is 2. The molecule has 0 spiro atoms. The molecule has 2 amide bonds. The van der Waals surface area contributed by atoms with Gasteiger partial charge in [0, 0.05) is 41.1 Å². The van der Waals surface area contributed by atoms with Crippen molar-refractivity contribution in [2.45, 2.75) is 63.6 Å². The number of carbonyl (C=O) groups excluding carboxylic acids is 2. The number of nitrogens with zero attached hydrogens (tertiary/aromatic N) is 1. The molecule has 3 aromatic rings. The second-order valence-electron chi connectivity index (χ2n) is 9.02. The first kappa shape index (κ1) is 27.8. The summed E-state index contributed by atoms with van der Waals surface area (Å²) in [6.07, 6.45) is 1.62. The van der Waals surface area contributed by atoms with Crippen molar-refractivity contribution in [2.75, 3.05) is 5.75 Å². The SMILES string of the molecule is CC[C@@H](C)NC(=O)[C@H](Cc1ccccc1)N(Cc1ccccc1C)C(=O)CCSc1ccc(Cl)cc1. The van der Waals surface area contributed by atoms with E-state index in [1.807, 2.05) is 99.6 Å². The van der Waals surface area contributed by atoms with Crippen LogP contribution in [0.1, 0.15) is 43.4 Å². The Balaban J connectivity index is 1.86. The number of hydrogen-bond acceptors (Lipinski definition) is 3. The van der Waals surface area contributed by atoms with Gasteiger partial charge in [0.05, 0.1) is 0 Å². The largest absolute Gasteiger partial charge is 0.352 e. The van der Waals surface area contributed by atoms with Gasteiger partial charge in [0.15, 0.2) is 0 Å². The molecule has 1 N–H and O–H groups in total. The topological polar surface area (TPSA) is 49.4 Å². The Morgan fingerprint density at radius 1 is 0.972 bits per heavy atom. The number of halogens is 1. The van der Waals surface area contributed by atoms with Crippen molar-refractivity contribution < 1.29 is 9.59 Å². The van der Waals surface area contributed by atoms with E-state index in [1.54, 1.807) is 16.7 Å². The molecule has 0 fully saturated rings. The molecule has 4 nitrogen and oxygen atoms in total. The third-order valence-electron chi connectivity index (χ3n) is 6.27. The first-order chi connectivity index (χ1) is 17.4. The van der Waals surface area contributed by atoms with Crippen LogP contribution in [0.3, 0.4) is 0 Å². The number of thioether (sulfide) groups is 1. The van der Waals surface area contributed by atoms with Crippen LogP contribution in [0, 0.1) is 6.92 Å². The summed E-state index contributed by atoms with van der Waals surface area (Å²) < 4.78 is 0. The zero-order valence-corrected chi connectivity index (χ0v) is 22.8. The minimum absolute atomic E-state index is 0.0278. The Morgan fingerprint density at radius 3 is 2.31 bits per heavy atom. The van der Waals surface area contributed by atoms with Crippen molar-refractivity contribution >= 4 is 35.2 Å². The van der Waals surface area contributed by atoms with Crippen molar-refractivity contribution in [2.24, 2.45) is 0 Å². The van der Waals surface area contributed by atoms with Gasteiger partial charge in [-0.15, -0.1) is 11.8 Å². The number of hydrogen-bond donors (Lipinski definition) is 1. The van der Waals surface area contributed by atoms with Gasteiger partial charge in [-0.3, -0.25) is 9.59 Å². The van der Waals surface area contributed by atoms with Crippen molar-refractivity contribution in [3.63, 3.8) is 0 Å². The Hall–Kier alpha value is -2.76. The minimum Gasteiger partial charge on any atom is -0.352 e. The van der Waals surface area contributed by atoms with Crippen molar-refractivity contribution in [3.05, 3.63) is 101 Å². The predicted molar refractivity (Wildman–Crippen MR) is 150 cm³/mol. The number of carbonyl (C=O) groups is 2. The molecule has 190 valence electrons. The van der Waals surface area contributed by atoms with Gasteiger partial charge in [-0.25, -0.2) is 0 Å². The molecule has 0 radical (unpaired) electrons. The number of benzene rings is 3. The predicted octanol–water partition coefficient (Wildman–Crippen LogP) is 6.69. The van der Waals surface area contributed by atoms with E-state index in [4.69, 9.17) is 11.6 Å². The fourth-order valence-corrected chi connectivity index (χ4v) is 4.86. The number of rotatable bonds is 12. The monoisotopic (exact) mass is 522 g/mol. The van der Waals surface area contributed by atoms with Gasteiger partial charge in [-0.05, 0) is 61.2 Å². The first-order valence-corrected chi connectivity index (χ1v) is 13.8. The van der Waals surface area contributed by atoms with Gasteiger partial charge >= 0.3 is 0 Å². The van der Waals surface area contributed by atoms with Gasteiger partial charge in [0.1, 0.15) is 6.04 Å². The quantitative estimate of drug-likeness (QED) is 0.270. The highest BCUT2D eigenvalue weighted by molar-refractivity contribution is 7.99. The molecule has 0 aliphatic heterocycles. The lowest BCUT2D eigenvalue weighted by Gasteiger charge is -2.32. The lowest BCUT2D eigenvalue weighted by atomic mass is 10.0. The third-order valence-corrected chi connectivity index (χ3v) is 7.54. The molecule has 0 bridgehead atoms. The highest BCUT2D eigenvalue weighted by atomic mass is 35.5. The second kappa shape index (κ2) is 14.1. The molecule has 0 aromatic heterocycles. The summed E-state index contributed by atoms with van der Waals surface area (Å²) >= 11 is 7.61. The Morgan fingerprint density at radius 2 is 1.64 bits per heavy atom. The van der Waals surface area contributed by atoms with E-state index in [2.05, 4.69) is 5.32 Å². The Labute approximate surface area is 224 Å². The maximum atomic E-state index is 13.7. The van der Waals surface area contributed by atoms with Gasteiger partial charge in [-0.2, -0.15) is 0 Å². The molecule has 2 atom stereocenters. The maximum absolute atomic E-state index is 13.7. The lowest BCUT2D eigenvalue weighted by molar-refractivity contribution is -0.141. The Kier molecular flexibility index (Phi) is 10.9. The van der Waals surface area contributed by atoms with E-state index in [1.165, 1.54) is 0 Å². The van der Waals surface area contributed by atoms with Crippen LogP contribution < -0.4 is 5.32 Å². The number of nitrogens with one attached hydrogen (secondary N) is 1. The van der Waals surface area contributed by atoms with Crippen LogP contribution in [-0.4, -0.2) is 34.6 Å². The molecular formula is C30H35ClN2O2S. The zero-order valence-electron chi connectivity index (χ0n) is 21.2. The van der Waals surface area contributed by atoms with E-state index in [9.17, 15) is 9.59 Å². The minimum atomic E-state index is -0.603. The molecular weight excluding hydrogens is 488 g/mol. The van der Waals surface area contributed by atoms with Crippen molar-refractivity contribution in [1.82, 2.24) is 10.2 Å². The standard InChI is InChI=1S/C30H35ClN2O2S/c1-4-23(3)32-30(35)28(20-24-11-6-5-7-12-24)33(21-25-13-9-8-10-22(25)2)29(34)18-19-36-27-16-14-26(31)15-17-27/h5-17,23,28H,4,18-21H2,1-3H3,(H,32,35)/t23-,28+/m1/s1. The van der Waals surface area contributed by atoms with E-state index in [0.29, 0.717) is 30.2 Å². The second-order valence-corrected chi connectivity index (χ2v) is 10.6. The van der Waals surface area contributed by atoms with E-state index in [-0.39, 0.29) is 17.9 Å². The van der Waals surface area contributed by atoms with Crippen molar-refractivity contribution in [3.8, 4) is 0 Å². The van der Waals surface area contributed by atoms with Crippen molar-refractivity contribution in [1.29, 1.82) is 0 Å². The van der Waals surface area contributed by atoms with Crippen LogP contribution in [0.2, 0.25) is 5.02 Å². The molecule has 0 aliphatic carbocycles. The van der Waals surface area contributed by atoms with Crippen LogP contribution in [0.25, 0.3) is 0 Å². The van der Waals surface area contributed by atoms with Gasteiger partial charge < -0.3 is 10.2 Å². The lowest BCUT2D eigenvalue weighted by Crippen LogP contribution is -2.52. The fraction of sp³-hybridized carbons (Fsp3) is 0.333. The van der Waals surface area contributed by atoms with Gasteiger partial charge in [0.25, 0.3) is 0 Å². The number of aryl methyl sites for hydroxylation is 1. The summed E-state index contributed by atoms with van der Waals surface area (Å²) in [5.74, 6) is 0.482. The van der Waals surface area contributed by atoms with E-state index in [0.717, 1.165) is 28.0 Å². The summed E-state index contributed by atoms with van der Waals surface area (Å²) in [7, 11) is 0. The fourth-order valence-electron chi connectivity index (χ4n) is 3.90. The molecule has 0 saturated carbocycles. The van der Waals surface area contributed by atoms with E-state index >= 15 is 0 Å². The Bertz CT molecular complexity index is 1120. The third kappa shape index (κ3) is 8.42. The van der Waals surface area contributed by atoms with Crippen LogP contribution in [-0.2, 0) is 22.6 Å². The van der Waals surface area contributed by atoms with Crippen LogP contribution >= 0.6 is 23.4 Å².